The molecule has 0 radical (unpaired) electrons. The Morgan fingerprint density at radius 3 is 2.50 bits per heavy atom. The Labute approximate surface area is 163 Å². The van der Waals surface area contributed by atoms with Crippen LogP contribution in [0.15, 0.2) is 79.1 Å². The SMILES string of the molecule is c1ccc2c(c1)c1c(n2-c2ccc(-c3cn4ccccc4n3)cc2)CCCC1. The Balaban J connectivity index is 1.48. The monoisotopic (exact) mass is 363 g/mol. The molecule has 1 aliphatic rings. The molecule has 136 valence electrons. The standard InChI is InChI=1S/C25H21N3/c1-3-9-23-20(7-1)21-8-2-4-10-24(21)28(23)19-14-12-18(13-15-19)22-17-27-16-6-5-11-25(27)26-22/h1,3,5-7,9,11-17H,2,4,8,10H2. The summed E-state index contributed by atoms with van der Waals surface area (Å²) in [6.07, 6.45) is 9.08. The van der Waals surface area contributed by atoms with Crippen molar-refractivity contribution in [2.45, 2.75) is 25.7 Å². The maximum atomic E-state index is 4.75. The van der Waals surface area contributed by atoms with Crippen LogP contribution >= 0.6 is 0 Å². The van der Waals surface area contributed by atoms with Crippen molar-refractivity contribution in [3.8, 4) is 16.9 Å². The smallest absolute Gasteiger partial charge is 0.137 e. The lowest BCUT2D eigenvalue weighted by Crippen LogP contribution is -2.06. The number of aryl methyl sites for hydroxylation is 1. The molecule has 3 heteroatoms. The number of nitrogens with zero attached hydrogens (tertiary/aromatic N) is 3. The van der Waals surface area contributed by atoms with Gasteiger partial charge in [0.15, 0.2) is 0 Å². The summed E-state index contributed by atoms with van der Waals surface area (Å²) >= 11 is 0. The molecular weight excluding hydrogens is 342 g/mol. The highest BCUT2D eigenvalue weighted by molar-refractivity contribution is 5.87. The third kappa shape index (κ3) is 2.32. The first-order valence-electron chi connectivity index (χ1n) is 10.0. The van der Waals surface area contributed by atoms with Gasteiger partial charge in [-0.15, -0.1) is 0 Å². The number of para-hydroxylation sites is 1. The number of rotatable bonds is 2. The number of fused-ring (bicyclic) bond motifs is 4. The fraction of sp³-hybridized carbons (Fsp3) is 0.160. The van der Waals surface area contributed by atoms with E-state index in [9.17, 15) is 0 Å². The molecule has 0 aliphatic heterocycles. The van der Waals surface area contributed by atoms with Gasteiger partial charge in [-0.1, -0.05) is 36.4 Å². The first-order chi connectivity index (χ1) is 13.9. The van der Waals surface area contributed by atoms with Gasteiger partial charge < -0.3 is 8.97 Å². The third-order valence-electron chi connectivity index (χ3n) is 5.96. The molecule has 6 rings (SSSR count). The zero-order chi connectivity index (χ0) is 18.5. The van der Waals surface area contributed by atoms with Gasteiger partial charge in [0, 0.05) is 34.7 Å². The molecule has 0 bridgehead atoms. The lowest BCUT2D eigenvalue weighted by atomic mass is 9.95. The lowest BCUT2D eigenvalue weighted by Gasteiger charge is -2.16. The molecule has 5 aromatic rings. The fourth-order valence-corrected chi connectivity index (χ4v) is 4.65. The molecular formula is C25H21N3. The number of aromatic nitrogens is 3. The highest BCUT2D eigenvalue weighted by Crippen LogP contribution is 2.35. The van der Waals surface area contributed by atoms with E-state index in [1.165, 1.54) is 41.5 Å². The van der Waals surface area contributed by atoms with E-state index in [0.717, 1.165) is 23.3 Å². The highest BCUT2D eigenvalue weighted by atomic mass is 15.0. The number of hydrogen-bond acceptors (Lipinski definition) is 1. The maximum Gasteiger partial charge on any atom is 0.137 e. The average molecular weight is 363 g/mol. The molecule has 0 N–H and O–H groups in total. The van der Waals surface area contributed by atoms with Crippen molar-refractivity contribution in [3.63, 3.8) is 0 Å². The van der Waals surface area contributed by atoms with E-state index in [2.05, 4.69) is 63.7 Å². The Morgan fingerprint density at radius 1 is 0.786 bits per heavy atom. The average Bonchev–Trinajstić information content (AvgIpc) is 3.33. The number of benzene rings is 2. The van der Waals surface area contributed by atoms with Gasteiger partial charge >= 0.3 is 0 Å². The van der Waals surface area contributed by atoms with Crippen LogP contribution in [0.5, 0.6) is 0 Å². The summed E-state index contributed by atoms with van der Waals surface area (Å²) in [5, 5.41) is 1.42. The Kier molecular flexibility index (Phi) is 3.42. The highest BCUT2D eigenvalue weighted by Gasteiger charge is 2.20. The van der Waals surface area contributed by atoms with Crippen LogP contribution in [0, 0.1) is 0 Å². The summed E-state index contributed by atoms with van der Waals surface area (Å²) in [5.74, 6) is 0. The molecule has 0 unspecified atom stereocenters. The molecule has 1 aliphatic carbocycles. The first kappa shape index (κ1) is 15.7. The Morgan fingerprint density at radius 2 is 1.61 bits per heavy atom. The molecule has 0 atom stereocenters. The molecule has 0 spiro atoms. The molecule has 0 saturated carbocycles. The number of hydrogen-bond donors (Lipinski definition) is 0. The minimum atomic E-state index is 0.979. The van der Waals surface area contributed by atoms with Crippen molar-refractivity contribution in [3.05, 3.63) is 90.4 Å². The van der Waals surface area contributed by atoms with E-state index in [-0.39, 0.29) is 0 Å². The molecule has 0 saturated heterocycles. The van der Waals surface area contributed by atoms with Gasteiger partial charge in [0.05, 0.1) is 11.2 Å². The Bertz CT molecular complexity index is 1270. The fourth-order valence-electron chi connectivity index (χ4n) is 4.65. The molecule has 3 aromatic heterocycles. The van der Waals surface area contributed by atoms with Crippen molar-refractivity contribution in [1.82, 2.24) is 14.0 Å². The second-order valence-electron chi connectivity index (χ2n) is 7.62. The van der Waals surface area contributed by atoms with Crippen molar-refractivity contribution in [2.24, 2.45) is 0 Å². The van der Waals surface area contributed by atoms with E-state index in [1.54, 1.807) is 5.56 Å². The van der Waals surface area contributed by atoms with E-state index >= 15 is 0 Å². The summed E-state index contributed by atoms with van der Waals surface area (Å²) in [5.41, 5.74) is 8.75. The molecule has 3 nitrogen and oxygen atoms in total. The van der Waals surface area contributed by atoms with Gasteiger partial charge in [-0.25, -0.2) is 4.98 Å². The van der Waals surface area contributed by atoms with Gasteiger partial charge in [-0.2, -0.15) is 0 Å². The van der Waals surface area contributed by atoms with Crippen molar-refractivity contribution in [2.75, 3.05) is 0 Å². The van der Waals surface area contributed by atoms with Crippen LogP contribution in [0.4, 0.5) is 0 Å². The van der Waals surface area contributed by atoms with Crippen molar-refractivity contribution >= 4 is 16.6 Å². The number of imidazole rings is 1. The topological polar surface area (TPSA) is 22.2 Å². The maximum absolute atomic E-state index is 4.75. The van der Waals surface area contributed by atoms with Gasteiger partial charge in [0.1, 0.15) is 5.65 Å². The normalized spacial score (nSPS) is 13.9. The van der Waals surface area contributed by atoms with Gasteiger partial charge in [-0.3, -0.25) is 0 Å². The van der Waals surface area contributed by atoms with Crippen molar-refractivity contribution in [1.29, 1.82) is 0 Å². The molecule has 28 heavy (non-hydrogen) atoms. The molecule has 0 amide bonds. The Hall–Kier alpha value is -3.33. The third-order valence-corrected chi connectivity index (χ3v) is 5.96. The second kappa shape index (κ2) is 6.10. The number of pyridine rings is 1. The van der Waals surface area contributed by atoms with Crippen LogP contribution in [0.3, 0.4) is 0 Å². The predicted octanol–water partition coefficient (Wildman–Crippen LogP) is 5.82. The molecule has 0 fully saturated rings. The minimum Gasteiger partial charge on any atom is -0.313 e. The zero-order valence-electron chi connectivity index (χ0n) is 15.7. The summed E-state index contributed by atoms with van der Waals surface area (Å²) in [6, 6.07) is 23.8. The van der Waals surface area contributed by atoms with Crippen LogP contribution in [0.25, 0.3) is 33.5 Å². The quantitative estimate of drug-likeness (QED) is 0.387. The van der Waals surface area contributed by atoms with Gasteiger partial charge in [0.2, 0.25) is 0 Å². The lowest BCUT2D eigenvalue weighted by molar-refractivity contribution is 0.667. The largest absolute Gasteiger partial charge is 0.313 e. The van der Waals surface area contributed by atoms with Crippen LogP contribution < -0.4 is 0 Å². The van der Waals surface area contributed by atoms with Crippen molar-refractivity contribution < 1.29 is 0 Å². The van der Waals surface area contributed by atoms with Gasteiger partial charge in [-0.05, 0) is 61.6 Å². The summed E-state index contributed by atoms with van der Waals surface area (Å²) in [6.45, 7) is 0. The predicted molar refractivity (Wildman–Crippen MR) is 114 cm³/mol. The van der Waals surface area contributed by atoms with Crippen LogP contribution in [0.1, 0.15) is 24.1 Å². The molecule has 3 heterocycles. The van der Waals surface area contributed by atoms with E-state index in [4.69, 9.17) is 4.98 Å². The van der Waals surface area contributed by atoms with Crippen LogP contribution in [0.2, 0.25) is 0 Å². The van der Waals surface area contributed by atoms with Crippen LogP contribution in [-0.4, -0.2) is 14.0 Å². The van der Waals surface area contributed by atoms with E-state index < -0.39 is 0 Å². The van der Waals surface area contributed by atoms with Crippen LogP contribution in [-0.2, 0) is 12.8 Å². The van der Waals surface area contributed by atoms with E-state index in [1.807, 2.05) is 24.4 Å². The second-order valence-corrected chi connectivity index (χ2v) is 7.62. The van der Waals surface area contributed by atoms with Gasteiger partial charge in [0.25, 0.3) is 0 Å². The zero-order valence-corrected chi connectivity index (χ0v) is 15.7. The summed E-state index contributed by atoms with van der Waals surface area (Å²) in [7, 11) is 0. The minimum absolute atomic E-state index is 0.979. The molecule has 2 aromatic carbocycles. The van der Waals surface area contributed by atoms with E-state index in [0.29, 0.717) is 0 Å². The summed E-state index contributed by atoms with van der Waals surface area (Å²) < 4.78 is 4.54. The first-order valence-corrected chi connectivity index (χ1v) is 10.0. The summed E-state index contributed by atoms with van der Waals surface area (Å²) in [4.78, 5) is 4.75.